The molecule has 0 radical (unpaired) electrons. The summed E-state index contributed by atoms with van der Waals surface area (Å²) in [6, 6.07) is 6.44. The van der Waals surface area contributed by atoms with E-state index in [2.05, 4.69) is 10.8 Å². The van der Waals surface area contributed by atoms with Crippen molar-refractivity contribution < 1.29 is 22.6 Å². The zero-order valence-corrected chi connectivity index (χ0v) is 15.2. The second kappa shape index (κ2) is 8.47. The van der Waals surface area contributed by atoms with Gasteiger partial charge in [0.15, 0.2) is 0 Å². The van der Waals surface area contributed by atoms with E-state index >= 15 is 0 Å². The Bertz CT molecular complexity index is 594. The van der Waals surface area contributed by atoms with Crippen LogP contribution in [0.5, 0.6) is 5.75 Å². The molecule has 4 unspecified atom stereocenters. The van der Waals surface area contributed by atoms with Crippen LogP contribution in [0, 0.1) is 11.8 Å². The molecule has 0 aromatic heterocycles. The molecular formula is C21H27F3O2. The first-order valence-corrected chi connectivity index (χ1v) is 9.53. The van der Waals surface area contributed by atoms with Gasteiger partial charge in [0.2, 0.25) is 0 Å². The number of benzene rings is 1. The first kappa shape index (κ1) is 19.3. The minimum absolute atomic E-state index is 0.145. The maximum atomic E-state index is 12.3. The maximum absolute atomic E-state index is 12.3. The van der Waals surface area contributed by atoms with Crippen LogP contribution >= 0.6 is 0 Å². The summed E-state index contributed by atoms with van der Waals surface area (Å²) in [5, 5.41) is 0. The van der Waals surface area contributed by atoms with Crippen molar-refractivity contribution in [1.82, 2.24) is 0 Å². The fourth-order valence-corrected chi connectivity index (χ4v) is 4.53. The zero-order chi connectivity index (χ0) is 18.6. The molecular weight excluding hydrogens is 341 g/mol. The van der Waals surface area contributed by atoms with Crippen molar-refractivity contribution in [2.75, 3.05) is 6.61 Å². The highest BCUT2D eigenvalue weighted by Crippen LogP contribution is 2.46. The highest BCUT2D eigenvalue weighted by molar-refractivity contribution is 5.30. The lowest BCUT2D eigenvalue weighted by Crippen LogP contribution is -2.33. The minimum Gasteiger partial charge on any atom is -0.406 e. The van der Waals surface area contributed by atoms with Crippen LogP contribution in [-0.4, -0.2) is 19.1 Å². The van der Waals surface area contributed by atoms with E-state index < -0.39 is 6.36 Å². The molecule has 1 aromatic carbocycles. The van der Waals surface area contributed by atoms with E-state index in [0.717, 1.165) is 37.2 Å². The second-order valence-electron chi connectivity index (χ2n) is 7.48. The molecule has 3 rings (SSSR count). The maximum Gasteiger partial charge on any atom is 0.573 e. The summed E-state index contributed by atoms with van der Waals surface area (Å²) in [5.74, 6) is 1.73. The molecule has 2 nitrogen and oxygen atoms in total. The van der Waals surface area contributed by atoms with Gasteiger partial charge >= 0.3 is 6.36 Å². The highest BCUT2D eigenvalue weighted by Gasteiger charge is 2.36. The van der Waals surface area contributed by atoms with Gasteiger partial charge < -0.3 is 9.47 Å². The predicted octanol–water partition coefficient (Wildman–Crippen LogP) is 6.23. The van der Waals surface area contributed by atoms with Crippen LogP contribution in [0.1, 0.15) is 56.9 Å². The Morgan fingerprint density at radius 3 is 2.38 bits per heavy atom. The fraction of sp³-hybridized carbons (Fsp3) is 0.619. The Labute approximate surface area is 153 Å². The fourth-order valence-electron chi connectivity index (χ4n) is 4.53. The third kappa shape index (κ3) is 5.26. The number of allylic oxidation sites excluding steroid dienone is 1. The third-order valence-electron chi connectivity index (χ3n) is 5.81. The Kier molecular flexibility index (Phi) is 6.28. The van der Waals surface area contributed by atoms with Crippen LogP contribution in [0.3, 0.4) is 0 Å². The van der Waals surface area contributed by atoms with E-state index in [1.54, 1.807) is 12.1 Å². The van der Waals surface area contributed by atoms with Crippen molar-refractivity contribution >= 4 is 0 Å². The van der Waals surface area contributed by atoms with Gasteiger partial charge in [-0.1, -0.05) is 24.3 Å². The lowest BCUT2D eigenvalue weighted by molar-refractivity contribution is -0.274. The largest absolute Gasteiger partial charge is 0.573 e. The summed E-state index contributed by atoms with van der Waals surface area (Å²) in [7, 11) is 0. The van der Waals surface area contributed by atoms with Gasteiger partial charge in [-0.25, -0.2) is 0 Å². The summed E-state index contributed by atoms with van der Waals surface area (Å²) in [4.78, 5) is 0. The Morgan fingerprint density at radius 1 is 1.00 bits per heavy atom. The molecule has 0 saturated heterocycles. The molecule has 0 spiro atoms. The lowest BCUT2D eigenvalue weighted by Gasteiger charge is -2.42. The van der Waals surface area contributed by atoms with Crippen LogP contribution in [-0.2, 0) is 4.74 Å². The van der Waals surface area contributed by atoms with Crippen molar-refractivity contribution in [3.05, 3.63) is 42.0 Å². The van der Waals surface area contributed by atoms with Gasteiger partial charge in [-0.3, -0.25) is 0 Å². The van der Waals surface area contributed by atoms with Crippen molar-refractivity contribution in [3.8, 4) is 5.75 Å². The van der Waals surface area contributed by atoms with Crippen LogP contribution < -0.4 is 4.74 Å². The van der Waals surface area contributed by atoms with Gasteiger partial charge in [0.05, 0.1) is 12.7 Å². The third-order valence-corrected chi connectivity index (χ3v) is 5.81. The number of hydrogen-bond donors (Lipinski definition) is 0. The van der Waals surface area contributed by atoms with E-state index in [1.807, 2.05) is 13.0 Å². The van der Waals surface area contributed by atoms with Crippen LogP contribution in [0.2, 0.25) is 0 Å². The number of fused-ring (bicyclic) bond motifs is 1. The molecule has 144 valence electrons. The first-order valence-electron chi connectivity index (χ1n) is 9.53. The first-order chi connectivity index (χ1) is 12.4. The van der Waals surface area contributed by atoms with Gasteiger partial charge in [0, 0.05) is 0 Å². The van der Waals surface area contributed by atoms with Crippen LogP contribution in [0.15, 0.2) is 36.4 Å². The topological polar surface area (TPSA) is 18.5 Å². The molecule has 26 heavy (non-hydrogen) atoms. The molecule has 2 aliphatic rings. The van der Waals surface area contributed by atoms with E-state index in [9.17, 15) is 13.2 Å². The quantitative estimate of drug-likeness (QED) is 0.574. The van der Waals surface area contributed by atoms with E-state index in [1.165, 1.54) is 25.0 Å². The minimum atomic E-state index is -4.63. The summed E-state index contributed by atoms with van der Waals surface area (Å²) in [6.45, 7) is 2.71. The van der Waals surface area contributed by atoms with Crippen LogP contribution in [0.4, 0.5) is 13.2 Å². The van der Waals surface area contributed by atoms with Crippen molar-refractivity contribution in [3.63, 3.8) is 0 Å². The van der Waals surface area contributed by atoms with Crippen molar-refractivity contribution in [1.29, 1.82) is 0 Å². The molecule has 0 N–H and O–H groups in total. The summed E-state index contributed by atoms with van der Waals surface area (Å²) in [5.41, 5.74) is 1.13. The monoisotopic (exact) mass is 368 g/mol. The Balaban J connectivity index is 1.53. The molecule has 5 heteroatoms. The smallest absolute Gasteiger partial charge is 0.406 e. The molecule has 4 atom stereocenters. The number of rotatable bonds is 5. The lowest BCUT2D eigenvalue weighted by atomic mass is 9.65. The van der Waals surface area contributed by atoms with Gasteiger partial charge in [-0.2, -0.15) is 0 Å². The molecule has 2 saturated carbocycles. The highest BCUT2D eigenvalue weighted by atomic mass is 19.4. The number of ether oxygens (including phenoxy) is 2. The average Bonchev–Trinajstić information content (AvgIpc) is 2.61. The molecule has 0 aliphatic heterocycles. The Hall–Kier alpha value is -1.49. The standard InChI is InChI=1S/C21H27F3O2/c1-2-3-12-25-20-11-8-17-13-16(4-5-18(17)14-20)15-6-9-19(10-7-15)26-21(22,23)24/h2-3,6-7,9-10,16-18,20H,4-5,8,11-14H2,1H3/b3-2+. The zero-order valence-electron chi connectivity index (χ0n) is 15.2. The van der Waals surface area contributed by atoms with Gasteiger partial charge in [0.1, 0.15) is 5.75 Å². The summed E-state index contributed by atoms with van der Waals surface area (Å²) >= 11 is 0. The van der Waals surface area contributed by atoms with Crippen molar-refractivity contribution in [2.24, 2.45) is 11.8 Å². The summed E-state index contributed by atoms with van der Waals surface area (Å²) in [6.07, 6.45) is 6.68. The molecule has 0 amide bonds. The molecule has 2 aliphatic carbocycles. The Morgan fingerprint density at radius 2 is 1.69 bits per heavy atom. The normalized spacial score (nSPS) is 29.5. The van der Waals surface area contributed by atoms with E-state index in [0.29, 0.717) is 24.5 Å². The molecule has 0 heterocycles. The molecule has 0 bridgehead atoms. The summed E-state index contributed by atoms with van der Waals surface area (Å²) < 4.78 is 46.7. The number of alkyl halides is 3. The number of hydrogen-bond acceptors (Lipinski definition) is 2. The van der Waals surface area contributed by atoms with Crippen LogP contribution in [0.25, 0.3) is 0 Å². The van der Waals surface area contributed by atoms with E-state index in [4.69, 9.17) is 4.74 Å². The van der Waals surface area contributed by atoms with Crippen molar-refractivity contribution in [2.45, 2.75) is 63.8 Å². The van der Waals surface area contributed by atoms with Gasteiger partial charge in [-0.05, 0) is 80.9 Å². The SMILES string of the molecule is C/C=C/COC1CCC2CC(c3ccc(OC(F)(F)F)cc3)CCC2C1. The van der Waals surface area contributed by atoms with Gasteiger partial charge in [-0.15, -0.1) is 13.2 Å². The van der Waals surface area contributed by atoms with Gasteiger partial charge in [0.25, 0.3) is 0 Å². The predicted molar refractivity (Wildman–Crippen MR) is 95.1 cm³/mol. The molecule has 2 fully saturated rings. The number of halogens is 3. The average molecular weight is 368 g/mol. The second-order valence-corrected chi connectivity index (χ2v) is 7.48. The van der Waals surface area contributed by atoms with E-state index in [-0.39, 0.29) is 5.75 Å². The molecule has 1 aromatic rings.